The van der Waals surface area contributed by atoms with E-state index in [1.165, 1.54) is 0 Å². The monoisotopic (exact) mass is 251 g/mol. The summed E-state index contributed by atoms with van der Waals surface area (Å²) in [5.41, 5.74) is 7.73. The molecule has 1 aromatic rings. The molecular weight excluding hydrogens is 230 g/mol. The van der Waals surface area contributed by atoms with Gasteiger partial charge in [-0.2, -0.15) is 0 Å². The maximum Gasteiger partial charge on any atom is 0.227 e. The second kappa shape index (κ2) is 5.10. The molecule has 5 nitrogen and oxygen atoms in total. The van der Waals surface area contributed by atoms with Crippen LogP contribution in [0.1, 0.15) is 30.4 Å². The van der Waals surface area contributed by atoms with Crippen LogP contribution in [-0.2, 0) is 11.2 Å². The maximum absolute atomic E-state index is 12.2. The fourth-order valence-electron chi connectivity index (χ4n) is 2.34. The van der Waals surface area contributed by atoms with Gasteiger partial charge in [0, 0.05) is 24.7 Å². The average molecular weight is 251 g/mol. The van der Waals surface area contributed by atoms with Crippen molar-refractivity contribution >= 4 is 5.91 Å². The predicted octanol–water partition coefficient (Wildman–Crippen LogP) is 1.03. The van der Waals surface area contributed by atoms with E-state index in [4.69, 9.17) is 10.3 Å². The largest absolute Gasteiger partial charge is 0.361 e. The molecule has 1 fully saturated rings. The zero-order chi connectivity index (χ0) is 13.3. The van der Waals surface area contributed by atoms with E-state index >= 15 is 0 Å². The highest BCUT2D eigenvalue weighted by atomic mass is 16.5. The summed E-state index contributed by atoms with van der Waals surface area (Å²) in [6, 6.07) is 0.0902. The minimum absolute atomic E-state index is 0.0902. The van der Waals surface area contributed by atoms with Crippen LogP contribution in [0.25, 0.3) is 0 Å². The van der Waals surface area contributed by atoms with E-state index in [1.807, 2.05) is 18.7 Å². The second-order valence-corrected chi connectivity index (χ2v) is 5.25. The van der Waals surface area contributed by atoms with Crippen LogP contribution in [0.5, 0.6) is 0 Å². The zero-order valence-electron chi connectivity index (χ0n) is 11.3. The smallest absolute Gasteiger partial charge is 0.227 e. The molecule has 2 heterocycles. The molecule has 18 heavy (non-hydrogen) atoms. The Bertz CT molecular complexity index is 422. The number of carbonyl (C=O) groups is 1. The first-order chi connectivity index (χ1) is 8.49. The SMILES string of the molecule is Cc1noc(C)c1CC(=O)N1CCC(C)C(N)C1. The van der Waals surface area contributed by atoms with E-state index in [0.29, 0.717) is 18.9 Å². The molecule has 2 rings (SSSR count). The Morgan fingerprint density at radius 2 is 2.28 bits per heavy atom. The van der Waals surface area contributed by atoms with Crippen molar-refractivity contribution < 1.29 is 9.32 Å². The van der Waals surface area contributed by atoms with Crippen LogP contribution in [0.15, 0.2) is 4.52 Å². The summed E-state index contributed by atoms with van der Waals surface area (Å²) in [6.45, 7) is 7.30. The normalized spacial score (nSPS) is 24.3. The summed E-state index contributed by atoms with van der Waals surface area (Å²) in [5, 5.41) is 3.87. The van der Waals surface area contributed by atoms with Crippen molar-refractivity contribution in [2.24, 2.45) is 11.7 Å². The second-order valence-electron chi connectivity index (χ2n) is 5.25. The topological polar surface area (TPSA) is 72.4 Å². The molecule has 0 aliphatic carbocycles. The Labute approximate surface area is 107 Å². The number of aryl methyl sites for hydroxylation is 2. The number of nitrogens with two attached hydrogens (primary N) is 1. The van der Waals surface area contributed by atoms with Gasteiger partial charge in [-0.1, -0.05) is 12.1 Å². The van der Waals surface area contributed by atoms with E-state index in [0.717, 1.165) is 30.0 Å². The molecule has 2 atom stereocenters. The Morgan fingerprint density at radius 1 is 1.56 bits per heavy atom. The van der Waals surface area contributed by atoms with Gasteiger partial charge in [-0.25, -0.2) is 0 Å². The van der Waals surface area contributed by atoms with Crippen molar-refractivity contribution in [2.45, 2.75) is 39.7 Å². The van der Waals surface area contributed by atoms with Gasteiger partial charge in [0.25, 0.3) is 0 Å². The predicted molar refractivity (Wildman–Crippen MR) is 68.0 cm³/mol. The quantitative estimate of drug-likeness (QED) is 0.852. The molecule has 1 aromatic heterocycles. The van der Waals surface area contributed by atoms with Crippen molar-refractivity contribution in [3.63, 3.8) is 0 Å². The van der Waals surface area contributed by atoms with E-state index < -0.39 is 0 Å². The van der Waals surface area contributed by atoms with E-state index in [1.54, 1.807) is 0 Å². The lowest BCUT2D eigenvalue weighted by Gasteiger charge is -2.35. The van der Waals surface area contributed by atoms with E-state index in [-0.39, 0.29) is 11.9 Å². The number of rotatable bonds is 2. The Kier molecular flexibility index (Phi) is 3.71. The molecule has 5 heteroatoms. The molecule has 0 spiro atoms. The van der Waals surface area contributed by atoms with Gasteiger partial charge >= 0.3 is 0 Å². The van der Waals surface area contributed by atoms with Crippen LogP contribution >= 0.6 is 0 Å². The lowest BCUT2D eigenvalue weighted by molar-refractivity contribution is -0.132. The standard InChI is InChI=1S/C13H21N3O2/c1-8-4-5-16(7-12(8)14)13(17)6-11-9(2)15-18-10(11)3/h8,12H,4-7,14H2,1-3H3. The Morgan fingerprint density at radius 3 is 2.83 bits per heavy atom. The molecule has 2 N–H and O–H groups in total. The first kappa shape index (κ1) is 13.1. The van der Waals surface area contributed by atoms with Crippen LogP contribution < -0.4 is 5.73 Å². The van der Waals surface area contributed by atoms with Gasteiger partial charge in [-0.3, -0.25) is 4.79 Å². The Balaban J connectivity index is 2.01. The van der Waals surface area contributed by atoms with Crippen LogP contribution in [-0.4, -0.2) is 35.1 Å². The molecule has 2 unspecified atom stereocenters. The summed E-state index contributed by atoms with van der Waals surface area (Å²) >= 11 is 0. The molecule has 1 aliphatic rings. The van der Waals surface area contributed by atoms with Gasteiger partial charge in [-0.05, 0) is 26.2 Å². The number of likely N-dealkylation sites (tertiary alicyclic amines) is 1. The van der Waals surface area contributed by atoms with Crippen LogP contribution in [0, 0.1) is 19.8 Å². The summed E-state index contributed by atoms with van der Waals surface area (Å²) in [7, 11) is 0. The van der Waals surface area contributed by atoms with Crippen molar-refractivity contribution in [1.29, 1.82) is 0 Å². The molecule has 0 bridgehead atoms. The van der Waals surface area contributed by atoms with Gasteiger partial charge in [0.1, 0.15) is 5.76 Å². The minimum atomic E-state index is 0.0902. The number of hydrogen-bond donors (Lipinski definition) is 1. The molecular formula is C13H21N3O2. The van der Waals surface area contributed by atoms with E-state index in [9.17, 15) is 4.79 Å². The lowest BCUT2D eigenvalue weighted by Crippen LogP contribution is -2.50. The molecule has 0 aromatic carbocycles. The van der Waals surface area contributed by atoms with Gasteiger partial charge in [0.05, 0.1) is 12.1 Å². The van der Waals surface area contributed by atoms with Crippen LogP contribution in [0.4, 0.5) is 0 Å². The van der Waals surface area contributed by atoms with Crippen LogP contribution in [0.2, 0.25) is 0 Å². The first-order valence-corrected chi connectivity index (χ1v) is 6.44. The number of piperidine rings is 1. The Hall–Kier alpha value is -1.36. The number of nitrogens with zero attached hydrogens (tertiary/aromatic N) is 2. The number of aromatic nitrogens is 1. The fraction of sp³-hybridized carbons (Fsp3) is 0.692. The minimum Gasteiger partial charge on any atom is -0.361 e. The number of amides is 1. The highest BCUT2D eigenvalue weighted by Crippen LogP contribution is 2.18. The molecule has 1 amide bonds. The van der Waals surface area contributed by atoms with Crippen molar-refractivity contribution in [2.75, 3.05) is 13.1 Å². The molecule has 100 valence electrons. The van der Waals surface area contributed by atoms with Gasteiger partial charge in [0.15, 0.2) is 0 Å². The lowest BCUT2D eigenvalue weighted by atomic mass is 9.94. The third-order valence-corrected chi connectivity index (χ3v) is 3.88. The third kappa shape index (κ3) is 2.56. The van der Waals surface area contributed by atoms with Crippen molar-refractivity contribution in [3.8, 4) is 0 Å². The molecule has 0 radical (unpaired) electrons. The van der Waals surface area contributed by atoms with Crippen LogP contribution in [0.3, 0.4) is 0 Å². The average Bonchev–Trinajstić information content (AvgIpc) is 2.64. The van der Waals surface area contributed by atoms with Gasteiger partial charge < -0.3 is 15.2 Å². The maximum atomic E-state index is 12.2. The third-order valence-electron chi connectivity index (χ3n) is 3.88. The van der Waals surface area contributed by atoms with Crippen molar-refractivity contribution in [3.05, 3.63) is 17.0 Å². The fourth-order valence-corrected chi connectivity index (χ4v) is 2.34. The zero-order valence-corrected chi connectivity index (χ0v) is 11.3. The molecule has 1 aliphatic heterocycles. The van der Waals surface area contributed by atoms with Gasteiger partial charge in [0.2, 0.25) is 5.91 Å². The van der Waals surface area contributed by atoms with E-state index in [2.05, 4.69) is 12.1 Å². The molecule has 1 saturated heterocycles. The number of carbonyl (C=O) groups excluding carboxylic acids is 1. The summed E-state index contributed by atoms with van der Waals surface area (Å²) in [5.74, 6) is 1.34. The molecule has 0 saturated carbocycles. The summed E-state index contributed by atoms with van der Waals surface area (Å²) in [6.07, 6.45) is 1.34. The van der Waals surface area contributed by atoms with Crippen molar-refractivity contribution in [1.82, 2.24) is 10.1 Å². The number of hydrogen-bond acceptors (Lipinski definition) is 4. The highest BCUT2D eigenvalue weighted by Gasteiger charge is 2.27. The summed E-state index contributed by atoms with van der Waals surface area (Å²) < 4.78 is 5.08. The highest BCUT2D eigenvalue weighted by molar-refractivity contribution is 5.79. The first-order valence-electron chi connectivity index (χ1n) is 6.44. The van der Waals surface area contributed by atoms with Gasteiger partial charge in [-0.15, -0.1) is 0 Å². The summed E-state index contributed by atoms with van der Waals surface area (Å²) in [4.78, 5) is 14.1.